The summed E-state index contributed by atoms with van der Waals surface area (Å²) in [6.45, 7) is 3.90. The molecule has 32 heavy (non-hydrogen) atoms. The molecule has 0 fully saturated rings. The Kier molecular flexibility index (Phi) is 5.72. The predicted molar refractivity (Wildman–Crippen MR) is 123 cm³/mol. The van der Waals surface area contributed by atoms with Crippen LogP contribution in [0.1, 0.15) is 16.7 Å². The zero-order valence-electron chi connectivity index (χ0n) is 17.7. The average Bonchev–Trinajstić information content (AvgIpc) is 3.03. The standard InChI is InChI=1S/C25H20ClFN2O3/c1-14-5-4-6-21(15(14)2)28-23-22(16-7-10-18(32-3)11-8-16)24(30)29(25(23)31)17-9-12-20(27)19(26)13-17/h4-13,28H,1-3H3. The molecule has 162 valence electrons. The molecule has 0 bridgehead atoms. The lowest BCUT2D eigenvalue weighted by Crippen LogP contribution is -2.32. The molecular weight excluding hydrogens is 431 g/mol. The molecule has 0 radical (unpaired) electrons. The van der Waals surface area contributed by atoms with Crippen molar-refractivity contribution in [3.8, 4) is 5.75 Å². The number of nitrogens with one attached hydrogen (secondary N) is 1. The smallest absolute Gasteiger partial charge is 0.282 e. The Bertz CT molecular complexity index is 1270. The van der Waals surface area contributed by atoms with Gasteiger partial charge in [-0.1, -0.05) is 35.9 Å². The van der Waals surface area contributed by atoms with Crippen molar-refractivity contribution in [3.05, 3.63) is 93.9 Å². The summed E-state index contributed by atoms with van der Waals surface area (Å²) in [5.74, 6) is -1.09. The Labute approximate surface area is 190 Å². The number of aryl methyl sites for hydroxylation is 1. The van der Waals surface area contributed by atoms with Crippen molar-refractivity contribution < 1.29 is 18.7 Å². The van der Waals surface area contributed by atoms with Crippen LogP contribution in [0.4, 0.5) is 15.8 Å². The van der Waals surface area contributed by atoms with Crippen LogP contribution < -0.4 is 15.0 Å². The van der Waals surface area contributed by atoms with Crippen molar-refractivity contribution in [1.82, 2.24) is 0 Å². The monoisotopic (exact) mass is 450 g/mol. The number of ether oxygens (including phenoxy) is 1. The summed E-state index contributed by atoms with van der Waals surface area (Å²) in [6, 6.07) is 16.3. The number of hydrogen-bond acceptors (Lipinski definition) is 4. The maximum atomic E-state index is 13.7. The van der Waals surface area contributed by atoms with Crippen LogP contribution in [0.2, 0.25) is 5.02 Å². The number of imide groups is 1. The van der Waals surface area contributed by atoms with Crippen LogP contribution in [0, 0.1) is 19.7 Å². The minimum atomic E-state index is -0.633. The van der Waals surface area contributed by atoms with Gasteiger partial charge in [0.15, 0.2) is 0 Å². The number of benzene rings is 3. The molecule has 3 aromatic rings. The second-order valence-electron chi connectivity index (χ2n) is 7.40. The topological polar surface area (TPSA) is 58.6 Å². The number of anilines is 2. The van der Waals surface area contributed by atoms with E-state index < -0.39 is 17.6 Å². The van der Waals surface area contributed by atoms with Crippen molar-refractivity contribution in [3.63, 3.8) is 0 Å². The number of carbonyl (C=O) groups excluding carboxylic acids is 2. The third-order valence-electron chi connectivity index (χ3n) is 5.49. The van der Waals surface area contributed by atoms with Gasteiger partial charge in [0, 0.05) is 5.69 Å². The molecule has 0 saturated heterocycles. The Balaban J connectivity index is 1.85. The molecule has 0 saturated carbocycles. The fourth-order valence-electron chi connectivity index (χ4n) is 3.55. The van der Waals surface area contributed by atoms with Crippen molar-refractivity contribution in [2.24, 2.45) is 0 Å². The fraction of sp³-hybridized carbons (Fsp3) is 0.120. The Hall–Kier alpha value is -3.64. The second-order valence-corrected chi connectivity index (χ2v) is 7.80. The molecule has 0 unspecified atom stereocenters. The van der Waals surface area contributed by atoms with Crippen LogP contribution in [0.5, 0.6) is 5.75 Å². The van der Waals surface area contributed by atoms with E-state index in [1.165, 1.54) is 12.1 Å². The minimum Gasteiger partial charge on any atom is -0.497 e. The molecule has 5 nitrogen and oxygen atoms in total. The molecule has 0 atom stereocenters. The van der Waals surface area contributed by atoms with Gasteiger partial charge in [0.05, 0.1) is 23.4 Å². The predicted octanol–water partition coefficient (Wildman–Crippen LogP) is 5.50. The first-order valence-electron chi connectivity index (χ1n) is 9.87. The van der Waals surface area contributed by atoms with Gasteiger partial charge >= 0.3 is 0 Å². The molecule has 0 aliphatic carbocycles. The van der Waals surface area contributed by atoms with E-state index in [1.54, 1.807) is 31.4 Å². The van der Waals surface area contributed by atoms with E-state index in [4.69, 9.17) is 16.3 Å². The first-order chi connectivity index (χ1) is 15.3. The van der Waals surface area contributed by atoms with Gasteiger partial charge in [0.25, 0.3) is 11.8 Å². The summed E-state index contributed by atoms with van der Waals surface area (Å²) in [6.07, 6.45) is 0. The van der Waals surface area contributed by atoms with Crippen molar-refractivity contribution in [1.29, 1.82) is 0 Å². The highest BCUT2D eigenvalue weighted by Gasteiger charge is 2.40. The number of methoxy groups -OCH3 is 1. The van der Waals surface area contributed by atoms with E-state index in [2.05, 4.69) is 5.32 Å². The van der Waals surface area contributed by atoms with Crippen LogP contribution in [0.15, 0.2) is 66.4 Å². The van der Waals surface area contributed by atoms with Crippen LogP contribution in [-0.4, -0.2) is 18.9 Å². The Morgan fingerprint density at radius 1 is 0.969 bits per heavy atom. The van der Waals surface area contributed by atoms with E-state index in [0.29, 0.717) is 17.0 Å². The van der Waals surface area contributed by atoms with Gasteiger partial charge < -0.3 is 10.1 Å². The van der Waals surface area contributed by atoms with E-state index in [9.17, 15) is 14.0 Å². The van der Waals surface area contributed by atoms with Gasteiger partial charge in [-0.15, -0.1) is 0 Å². The summed E-state index contributed by atoms with van der Waals surface area (Å²) >= 11 is 5.91. The molecule has 2 amide bonds. The molecule has 1 aliphatic rings. The first kappa shape index (κ1) is 21.6. The number of amides is 2. The number of hydrogen-bond donors (Lipinski definition) is 1. The Morgan fingerprint density at radius 2 is 1.69 bits per heavy atom. The lowest BCUT2D eigenvalue weighted by molar-refractivity contribution is -0.120. The highest BCUT2D eigenvalue weighted by Crippen LogP contribution is 2.36. The summed E-state index contributed by atoms with van der Waals surface area (Å²) < 4.78 is 18.9. The maximum absolute atomic E-state index is 13.7. The van der Waals surface area contributed by atoms with Gasteiger partial charge in [-0.3, -0.25) is 9.59 Å². The quantitative estimate of drug-likeness (QED) is 0.521. The van der Waals surface area contributed by atoms with Crippen LogP contribution in [-0.2, 0) is 9.59 Å². The zero-order valence-corrected chi connectivity index (χ0v) is 18.5. The number of halogens is 2. The van der Waals surface area contributed by atoms with Crippen LogP contribution in [0.25, 0.3) is 5.57 Å². The number of nitrogens with zero attached hydrogens (tertiary/aromatic N) is 1. The lowest BCUT2D eigenvalue weighted by Gasteiger charge is -2.16. The van der Waals surface area contributed by atoms with Gasteiger partial charge in [-0.2, -0.15) is 0 Å². The molecule has 0 spiro atoms. The van der Waals surface area contributed by atoms with Gasteiger partial charge in [0.2, 0.25) is 0 Å². The van der Waals surface area contributed by atoms with E-state index in [0.717, 1.165) is 22.1 Å². The summed E-state index contributed by atoms with van der Waals surface area (Å²) in [7, 11) is 1.55. The normalized spacial score (nSPS) is 13.7. The average molecular weight is 451 g/mol. The molecule has 1 N–H and O–H groups in total. The summed E-state index contributed by atoms with van der Waals surface area (Å²) in [4.78, 5) is 27.9. The molecule has 4 rings (SSSR count). The second kappa shape index (κ2) is 8.48. The third-order valence-corrected chi connectivity index (χ3v) is 5.78. The van der Waals surface area contributed by atoms with Crippen LogP contribution in [0.3, 0.4) is 0 Å². The molecule has 3 aromatic carbocycles. The Morgan fingerprint density at radius 3 is 2.34 bits per heavy atom. The molecular formula is C25H20ClFN2O3. The minimum absolute atomic E-state index is 0.134. The van der Waals surface area contributed by atoms with E-state index >= 15 is 0 Å². The summed E-state index contributed by atoms with van der Waals surface area (Å²) in [5, 5.41) is 2.99. The molecule has 7 heteroatoms. The first-order valence-corrected chi connectivity index (χ1v) is 10.3. The molecule has 1 aliphatic heterocycles. The van der Waals surface area contributed by atoms with Gasteiger partial charge in [-0.25, -0.2) is 9.29 Å². The largest absolute Gasteiger partial charge is 0.497 e. The van der Waals surface area contributed by atoms with Crippen LogP contribution >= 0.6 is 11.6 Å². The van der Waals surface area contributed by atoms with Crippen molar-refractivity contribution in [2.45, 2.75) is 13.8 Å². The third kappa shape index (κ3) is 3.74. The SMILES string of the molecule is COc1ccc(C2=C(Nc3cccc(C)c3C)C(=O)N(c3ccc(F)c(Cl)c3)C2=O)cc1. The van der Waals surface area contributed by atoms with E-state index in [-0.39, 0.29) is 22.0 Å². The molecule has 1 heterocycles. The zero-order chi connectivity index (χ0) is 23.0. The van der Waals surface area contributed by atoms with Crippen molar-refractivity contribution in [2.75, 3.05) is 17.3 Å². The lowest BCUT2D eigenvalue weighted by atomic mass is 10.0. The number of carbonyl (C=O) groups is 2. The highest BCUT2D eigenvalue weighted by molar-refractivity contribution is 6.46. The number of rotatable bonds is 5. The summed E-state index contributed by atoms with van der Waals surface area (Å²) in [5.41, 5.74) is 3.79. The van der Waals surface area contributed by atoms with E-state index in [1.807, 2.05) is 32.0 Å². The maximum Gasteiger partial charge on any atom is 0.282 e. The highest BCUT2D eigenvalue weighted by atomic mass is 35.5. The van der Waals surface area contributed by atoms with Crippen molar-refractivity contribution >= 4 is 40.4 Å². The van der Waals surface area contributed by atoms with Gasteiger partial charge in [-0.05, 0) is 66.9 Å². The van der Waals surface area contributed by atoms with Gasteiger partial charge in [0.1, 0.15) is 17.3 Å². The molecule has 0 aromatic heterocycles. The fourth-order valence-corrected chi connectivity index (χ4v) is 3.73.